The highest BCUT2D eigenvalue weighted by Crippen LogP contribution is 2.52. The second-order valence-corrected chi connectivity index (χ2v) is 4.74. The Morgan fingerprint density at radius 2 is 2.36 bits per heavy atom. The minimum absolute atomic E-state index is 0.0104. The highest BCUT2D eigenvalue weighted by atomic mass is 16.5. The Bertz CT molecular complexity index is 269. The smallest absolute Gasteiger partial charge is 0.312 e. The highest BCUT2D eigenvalue weighted by molar-refractivity contribution is 5.78. The van der Waals surface area contributed by atoms with E-state index in [1.165, 1.54) is 0 Å². The molecule has 0 radical (unpaired) electrons. The third-order valence-corrected chi connectivity index (χ3v) is 3.58. The largest absolute Gasteiger partial charge is 0.465 e. The number of ether oxygens (including phenoxy) is 1. The van der Waals surface area contributed by atoms with Gasteiger partial charge in [0.25, 0.3) is 0 Å². The number of fused-ring (bicyclic) bond motifs is 2. The molecule has 78 valence electrons. The molecule has 0 aliphatic heterocycles. The molecule has 3 unspecified atom stereocenters. The van der Waals surface area contributed by atoms with E-state index in [4.69, 9.17) is 4.74 Å². The van der Waals surface area contributed by atoms with Gasteiger partial charge in [-0.05, 0) is 38.0 Å². The number of rotatable bonds is 3. The van der Waals surface area contributed by atoms with Gasteiger partial charge in [0.15, 0.2) is 0 Å². The molecule has 2 bridgehead atoms. The summed E-state index contributed by atoms with van der Waals surface area (Å²) in [6.45, 7) is 4.64. The van der Waals surface area contributed by atoms with Crippen molar-refractivity contribution in [2.45, 2.75) is 33.1 Å². The van der Waals surface area contributed by atoms with E-state index in [1.54, 1.807) is 0 Å². The van der Waals surface area contributed by atoms with Crippen molar-refractivity contribution >= 4 is 5.97 Å². The fourth-order valence-corrected chi connectivity index (χ4v) is 2.69. The average molecular weight is 194 g/mol. The van der Waals surface area contributed by atoms with Crippen LogP contribution in [0.1, 0.15) is 33.1 Å². The summed E-state index contributed by atoms with van der Waals surface area (Å²) in [5.41, 5.74) is -0.228. The van der Waals surface area contributed by atoms with Crippen molar-refractivity contribution in [3.05, 3.63) is 12.2 Å². The molecule has 1 saturated carbocycles. The van der Waals surface area contributed by atoms with Gasteiger partial charge < -0.3 is 4.74 Å². The Morgan fingerprint density at radius 1 is 1.57 bits per heavy atom. The lowest BCUT2D eigenvalue weighted by Gasteiger charge is -2.28. The van der Waals surface area contributed by atoms with Crippen LogP contribution in [-0.4, -0.2) is 12.6 Å². The lowest BCUT2D eigenvalue weighted by atomic mass is 9.78. The molecule has 2 aliphatic carbocycles. The molecule has 0 saturated heterocycles. The normalized spacial score (nSPS) is 39.0. The monoisotopic (exact) mass is 194 g/mol. The summed E-state index contributed by atoms with van der Waals surface area (Å²) < 4.78 is 5.26. The SMILES string of the molecule is CCCOC(=O)C1(C)CC2C=CC1C2. The third kappa shape index (κ3) is 1.37. The Balaban J connectivity index is 2.03. The predicted molar refractivity (Wildman–Crippen MR) is 54.7 cm³/mol. The molecule has 14 heavy (non-hydrogen) atoms. The summed E-state index contributed by atoms with van der Waals surface area (Å²) >= 11 is 0. The predicted octanol–water partition coefficient (Wildman–Crippen LogP) is 2.54. The molecule has 0 spiro atoms. The molecule has 2 rings (SSSR count). The zero-order valence-electron chi connectivity index (χ0n) is 8.95. The molecule has 0 aromatic heterocycles. The van der Waals surface area contributed by atoms with Crippen LogP contribution in [0, 0.1) is 17.3 Å². The van der Waals surface area contributed by atoms with Crippen molar-refractivity contribution < 1.29 is 9.53 Å². The molecule has 0 aromatic rings. The van der Waals surface area contributed by atoms with Gasteiger partial charge in [0.2, 0.25) is 0 Å². The summed E-state index contributed by atoms with van der Waals surface area (Å²) in [7, 11) is 0. The van der Waals surface area contributed by atoms with E-state index in [2.05, 4.69) is 19.1 Å². The van der Waals surface area contributed by atoms with Crippen LogP contribution in [0.3, 0.4) is 0 Å². The van der Waals surface area contributed by atoms with Gasteiger partial charge in [-0.3, -0.25) is 4.79 Å². The standard InChI is InChI=1S/C12H18O2/c1-3-6-14-11(13)12(2)8-9-4-5-10(12)7-9/h4-5,9-10H,3,6-8H2,1-2H3. The minimum Gasteiger partial charge on any atom is -0.465 e. The summed E-state index contributed by atoms with van der Waals surface area (Å²) in [6.07, 6.45) is 7.49. The first-order valence-corrected chi connectivity index (χ1v) is 5.52. The lowest BCUT2D eigenvalue weighted by molar-refractivity contribution is -0.156. The van der Waals surface area contributed by atoms with Crippen LogP contribution in [-0.2, 0) is 9.53 Å². The Morgan fingerprint density at radius 3 is 2.86 bits per heavy atom. The van der Waals surface area contributed by atoms with Gasteiger partial charge in [-0.25, -0.2) is 0 Å². The van der Waals surface area contributed by atoms with Gasteiger partial charge in [-0.2, -0.15) is 0 Å². The molecule has 0 aromatic carbocycles. The molecule has 1 fully saturated rings. The van der Waals surface area contributed by atoms with Crippen LogP contribution in [0.4, 0.5) is 0 Å². The third-order valence-electron chi connectivity index (χ3n) is 3.58. The summed E-state index contributed by atoms with van der Waals surface area (Å²) in [5, 5.41) is 0. The van der Waals surface area contributed by atoms with E-state index >= 15 is 0 Å². The van der Waals surface area contributed by atoms with Crippen molar-refractivity contribution in [3.63, 3.8) is 0 Å². The van der Waals surface area contributed by atoms with Crippen LogP contribution >= 0.6 is 0 Å². The molecule has 0 N–H and O–H groups in total. The van der Waals surface area contributed by atoms with E-state index in [0.29, 0.717) is 18.4 Å². The highest BCUT2D eigenvalue weighted by Gasteiger charge is 2.50. The summed E-state index contributed by atoms with van der Waals surface area (Å²) in [6, 6.07) is 0. The van der Waals surface area contributed by atoms with Gasteiger partial charge in [0, 0.05) is 0 Å². The molecule has 3 atom stereocenters. The Hall–Kier alpha value is -0.790. The van der Waals surface area contributed by atoms with Crippen molar-refractivity contribution in [3.8, 4) is 0 Å². The van der Waals surface area contributed by atoms with Crippen molar-refractivity contribution in [2.24, 2.45) is 17.3 Å². The van der Waals surface area contributed by atoms with E-state index in [9.17, 15) is 4.79 Å². The molecule has 2 heteroatoms. The van der Waals surface area contributed by atoms with Crippen LogP contribution in [0.25, 0.3) is 0 Å². The number of esters is 1. The maximum absolute atomic E-state index is 11.9. The van der Waals surface area contributed by atoms with E-state index < -0.39 is 0 Å². The van der Waals surface area contributed by atoms with Crippen molar-refractivity contribution in [1.29, 1.82) is 0 Å². The van der Waals surface area contributed by atoms with Gasteiger partial charge in [-0.1, -0.05) is 19.1 Å². The molecule has 2 nitrogen and oxygen atoms in total. The van der Waals surface area contributed by atoms with E-state index in [-0.39, 0.29) is 11.4 Å². The fourth-order valence-electron chi connectivity index (χ4n) is 2.69. The number of carbonyl (C=O) groups excluding carboxylic acids is 1. The maximum Gasteiger partial charge on any atom is 0.312 e. The van der Waals surface area contributed by atoms with Crippen molar-refractivity contribution in [1.82, 2.24) is 0 Å². The van der Waals surface area contributed by atoms with Gasteiger partial charge in [0.1, 0.15) is 0 Å². The molecular weight excluding hydrogens is 176 g/mol. The zero-order valence-corrected chi connectivity index (χ0v) is 8.95. The van der Waals surface area contributed by atoms with Gasteiger partial charge in [0.05, 0.1) is 12.0 Å². The summed E-state index contributed by atoms with van der Waals surface area (Å²) in [5.74, 6) is 1.06. The Labute approximate surface area is 85.3 Å². The fraction of sp³-hybridized carbons (Fsp3) is 0.750. The number of hydrogen-bond donors (Lipinski definition) is 0. The zero-order chi connectivity index (χ0) is 10.2. The quantitative estimate of drug-likeness (QED) is 0.510. The molecular formula is C12H18O2. The Kier molecular flexibility index (Phi) is 2.38. The first-order chi connectivity index (χ1) is 6.66. The second kappa shape index (κ2) is 3.41. The molecule has 0 amide bonds. The van der Waals surface area contributed by atoms with Crippen molar-refractivity contribution in [2.75, 3.05) is 6.61 Å². The number of hydrogen-bond acceptors (Lipinski definition) is 2. The van der Waals surface area contributed by atoms with Crippen LogP contribution in [0.15, 0.2) is 12.2 Å². The van der Waals surface area contributed by atoms with Crippen LogP contribution < -0.4 is 0 Å². The average Bonchev–Trinajstić information content (AvgIpc) is 2.73. The minimum atomic E-state index is -0.228. The second-order valence-electron chi connectivity index (χ2n) is 4.74. The molecule has 0 heterocycles. The van der Waals surface area contributed by atoms with Gasteiger partial charge >= 0.3 is 5.97 Å². The van der Waals surface area contributed by atoms with Gasteiger partial charge in [-0.15, -0.1) is 0 Å². The number of carbonyl (C=O) groups is 1. The molecule has 2 aliphatic rings. The van der Waals surface area contributed by atoms with Crippen LogP contribution in [0.2, 0.25) is 0 Å². The van der Waals surface area contributed by atoms with E-state index in [0.717, 1.165) is 19.3 Å². The lowest BCUT2D eigenvalue weighted by Crippen LogP contribution is -2.33. The summed E-state index contributed by atoms with van der Waals surface area (Å²) in [4.78, 5) is 11.9. The maximum atomic E-state index is 11.9. The number of allylic oxidation sites excluding steroid dienone is 2. The first-order valence-electron chi connectivity index (χ1n) is 5.52. The van der Waals surface area contributed by atoms with E-state index in [1.807, 2.05) is 6.92 Å². The van der Waals surface area contributed by atoms with Crippen LogP contribution in [0.5, 0.6) is 0 Å². The topological polar surface area (TPSA) is 26.3 Å². The first kappa shape index (κ1) is 9.75.